The number of fused-ring (bicyclic) bond motifs is 1. The molecule has 3 N–H and O–H groups in total. The number of amides is 2. The van der Waals surface area contributed by atoms with Crippen molar-refractivity contribution in [1.29, 1.82) is 0 Å². The number of anilines is 2. The Kier molecular flexibility index (Phi) is 8.84. The lowest BCUT2D eigenvalue weighted by molar-refractivity contribution is -0.148. The Balaban J connectivity index is 1.18. The number of nitrogens with zero attached hydrogens (tertiary/aromatic N) is 5. The van der Waals surface area contributed by atoms with Crippen molar-refractivity contribution in [2.45, 2.75) is 25.4 Å². The first-order valence-electron chi connectivity index (χ1n) is 13.7. The lowest BCUT2D eigenvalue weighted by Gasteiger charge is -2.27. The number of aromatic nitrogens is 3. The number of hydrogen-bond donors (Lipinski definition) is 3. The molecule has 0 spiro atoms. The van der Waals surface area contributed by atoms with E-state index in [-0.39, 0.29) is 12.5 Å². The number of benzene rings is 1. The highest BCUT2D eigenvalue weighted by Crippen LogP contribution is 2.28. The fourth-order valence-corrected chi connectivity index (χ4v) is 4.96. The molecule has 1 aromatic carbocycles. The molecule has 4 heterocycles. The summed E-state index contributed by atoms with van der Waals surface area (Å²) in [6.45, 7) is 5.93. The van der Waals surface area contributed by atoms with Crippen LogP contribution in [0.1, 0.15) is 35.2 Å². The molecule has 0 aliphatic carbocycles. The number of carbonyl (C=O) groups is 2. The van der Waals surface area contributed by atoms with Crippen LogP contribution in [0.5, 0.6) is 0 Å². The standard InChI is InChI=1S/C28H33F3N8O2/c29-28(30,31)10-7-24(40)38-15-8-20(9-16-38)23-2-1-14-39-25(23)35-27(36-39)34-22-5-3-21(4-6-22)26(41)33-13-19-37-17-11-32-12-18-37/h1-6,8,14,32H,7,9-13,15-19H2,(H,33,41)(H,34,36). The predicted octanol–water partition coefficient (Wildman–Crippen LogP) is 3.07. The molecule has 2 amide bonds. The van der Waals surface area contributed by atoms with E-state index in [1.165, 1.54) is 4.90 Å². The van der Waals surface area contributed by atoms with E-state index in [1.807, 2.05) is 18.2 Å². The maximum Gasteiger partial charge on any atom is 0.389 e. The first-order chi connectivity index (χ1) is 19.7. The summed E-state index contributed by atoms with van der Waals surface area (Å²) in [5, 5.41) is 14.0. The van der Waals surface area contributed by atoms with Crippen molar-refractivity contribution in [3.63, 3.8) is 0 Å². The van der Waals surface area contributed by atoms with E-state index >= 15 is 0 Å². The van der Waals surface area contributed by atoms with Gasteiger partial charge in [-0.1, -0.05) is 6.08 Å². The summed E-state index contributed by atoms with van der Waals surface area (Å²) in [5.74, 6) is -0.238. The third-order valence-electron chi connectivity index (χ3n) is 7.22. The summed E-state index contributed by atoms with van der Waals surface area (Å²) < 4.78 is 39.1. The molecular weight excluding hydrogens is 537 g/mol. The number of pyridine rings is 1. The van der Waals surface area contributed by atoms with Gasteiger partial charge in [0.05, 0.1) is 6.42 Å². The van der Waals surface area contributed by atoms with Gasteiger partial charge in [-0.25, -0.2) is 4.52 Å². The first kappa shape index (κ1) is 28.6. The van der Waals surface area contributed by atoms with Crippen LogP contribution in [0.15, 0.2) is 48.7 Å². The van der Waals surface area contributed by atoms with Gasteiger partial charge in [0, 0.05) is 81.8 Å². The Morgan fingerprint density at radius 3 is 2.54 bits per heavy atom. The Bertz CT molecular complexity index is 1400. The van der Waals surface area contributed by atoms with Gasteiger partial charge in [0.15, 0.2) is 5.65 Å². The van der Waals surface area contributed by atoms with Gasteiger partial charge in [-0.3, -0.25) is 14.5 Å². The monoisotopic (exact) mass is 570 g/mol. The second-order valence-electron chi connectivity index (χ2n) is 10.1. The summed E-state index contributed by atoms with van der Waals surface area (Å²) in [7, 11) is 0. The summed E-state index contributed by atoms with van der Waals surface area (Å²) in [4.78, 5) is 33.1. The highest BCUT2D eigenvalue weighted by Gasteiger charge is 2.29. The van der Waals surface area contributed by atoms with Crippen molar-refractivity contribution in [2.75, 3.05) is 57.7 Å². The number of nitrogens with one attached hydrogen (secondary N) is 3. The van der Waals surface area contributed by atoms with Gasteiger partial charge in [-0.2, -0.15) is 18.2 Å². The normalized spacial score (nSPS) is 16.5. The molecule has 41 heavy (non-hydrogen) atoms. The van der Waals surface area contributed by atoms with Gasteiger partial charge in [-0.15, -0.1) is 5.10 Å². The molecule has 0 unspecified atom stereocenters. The Morgan fingerprint density at radius 2 is 1.83 bits per heavy atom. The zero-order valence-electron chi connectivity index (χ0n) is 22.6. The quantitative estimate of drug-likeness (QED) is 0.363. The zero-order valence-corrected chi connectivity index (χ0v) is 22.6. The fraction of sp³-hybridized carbons (Fsp3) is 0.429. The van der Waals surface area contributed by atoms with Gasteiger partial charge in [0.25, 0.3) is 5.91 Å². The van der Waals surface area contributed by atoms with Crippen molar-refractivity contribution < 1.29 is 22.8 Å². The van der Waals surface area contributed by atoms with Crippen LogP contribution in [0.25, 0.3) is 11.2 Å². The smallest absolute Gasteiger partial charge is 0.351 e. The van der Waals surface area contributed by atoms with Crippen LogP contribution < -0.4 is 16.0 Å². The zero-order chi connectivity index (χ0) is 28.8. The molecule has 5 rings (SSSR count). The lowest BCUT2D eigenvalue weighted by Crippen LogP contribution is -2.46. The minimum atomic E-state index is -4.34. The number of halogens is 3. The van der Waals surface area contributed by atoms with Gasteiger partial charge in [0.2, 0.25) is 11.9 Å². The van der Waals surface area contributed by atoms with Gasteiger partial charge in [-0.05, 0) is 48.4 Å². The van der Waals surface area contributed by atoms with E-state index in [1.54, 1.807) is 35.0 Å². The van der Waals surface area contributed by atoms with Gasteiger partial charge >= 0.3 is 6.18 Å². The number of hydrogen-bond acceptors (Lipinski definition) is 7. The van der Waals surface area contributed by atoms with E-state index in [9.17, 15) is 22.8 Å². The van der Waals surface area contributed by atoms with Crippen LogP contribution in [0.2, 0.25) is 0 Å². The van der Waals surface area contributed by atoms with E-state index in [2.05, 4.69) is 30.9 Å². The van der Waals surface area contributed by atoms with E-state index < -0.39 is 24.9 Å². The molecule has 3 aromatic rings. The molecule has 13 heteroatoms. The Labute approximate surface area is 235 Å². The first-order valence-corrected chi connectivity index (χ1v) is 13.7. The molecule has 10 nitrogen and oxygen atoms in total. The Hall–Kier alpha value is -3.97. The van der Waals surface area contributed by atoms with Crippen LogP contribution in [-0.2, 0) is 4.79 Å². The molecule has 1 saturated heterocycles. The molecule has 0 bridgehead atoms. The molecule has 0 atom stereocenters. The largest absolute Gasteiger partial charge is 0.389 e. The minimum absolute atomic E-state index is 0.122. The van der Waals surface area contributed by atoms with Crippen molar-refractivity contribution in [1.82, 2.24) is 35.0 Å². The summed E-state index contributed by atoms with van der Waals surface area (Å²) in [6, 6.07) is 10.8. The minimum Gasteiger partial charge on any atom is -0.351 e. The molecule has 2 aliphatic heterocycles. The topological polar surface area (TPSA) is 107 Å². The number of rotatable bonds is 9. The molecule has 2 aromatic heterocycles. The second kappa shape index (κ2) is 12.7. The molecular formula is C28H33F3N8O2. The van der Waals surface area contributed by atoms with E-state index in [4.69, 9.17) is 0 Å². The SMILES string of the molecule is O=C(NCCN1CCNCC1)c1ccc(Nc2nc3c(C4=CCN(C(=O)CCC(F)(F)F)CC4)cccn3n2)cc1. The third kappa shape index (κ3) is 7.61. The maximum atomic E-state index is 12.5. The van der Waals surface area contributed by atoms with E-state index in [0.29, 0.717) is 36.7 Å². The second-order valence-corrected chi connectivity index (χ2v) is 10.1. The summed E-state index contributed by atoms with van der Waals surface area (Å²) >= 11 is 0. The molecule has 1 fully saturated rings. The van der Waals surface area contributed by atoms with Crippen LogP contribution in [0.3, 0.4) is 0 Å². The summed E-state index contributed by atoms with van der Waals surface area (Å²) in [6.07, 6.45) is -1.85. The molecule has 2 aliphatic rings. The predicted molar refractivity (Wildman–Crippen MR) is 149 cm³/mol. The van der Waals surface area contributed by atoms with Crippen molar-refractivity contribution in [2.24, 2.45) is 0 Å². The van der Waals surface area contributed by atoms with Crippen LogP contribution in [0, 0.1) is 0 Å². The highest BCUT2D eigenvalue weighted by atomic mass is 19.4. The lowest BCUT2D eigenvalue weighted by atomic mass is 10.00. The fourth-order valence-electron chi connectivity index (χ4n) is 4.96. The van der Waals surface area contributed by atoms with Crippen molar-refractivity contribution in [3.05, 3.63) is 59.8 Å². The van der Waals surface area contributed by atoms with Gasteiger partial charge in [0.1, 0.15) is 0 Å². The van der Waals surface area contributed by atoms with Crippen LogP contribution >= 0.6 is 0 Å². The summed E-state index contributed by atoms with van der Waals surface area (Å²) in [5.41, 5.74) is 3.73. The van der Waals surface area contributed by atoms with E-state index in [0.717, 1.165) is 49.5 Å². The number of piperazine rings is 1. The molecule has 0 saturated carbocycles. The average molecular weight is 571 g/mol. The Morgan fingerprint density at radius 1 is 1.05 bits per heavy atom. The highest BCUT2D eigenvalue weighted by molar-refractivity contribution is 5.94. The number of alkyl halides is 3. The third-order valence-corrected chi connectivity index (χ3v) is 7.22. The number of carbonyl (C=O) groups excluding carboxylic acids is 2. The molecule has 0 radical (unpaired) electrons. The van der Waals surface area contributed by atoms with Crippen molar-refractivity contribution >= 4 is 34.7 Å². The van der Waals surface area contributed by atoms with Gasteiger partial charge < -0.3 is 20.9 Å². The maximum absolute atomic E-state index is 12.5. The van der Waals surface area contributed by atoms with Crippen LogP contribution in [-0.4, -0.2) is 94.7 Å². The average Bonchev–Trinajstić information content (AvgIpc) is 3.39. The van der Waals surface area contributed by atoms with Crippen LogP contribution in [0.4, 0.5) is 24.8 Å². The van der Waals surface area contributed by atoms with Crippen molar-refractivity contribution in [3.8, 4) is 0 Å². The molecule has 218 valence electrons.